The standard InChI is InChI=1S/C11H12O3/c1-7-10-5-9(13-2)4-3-8(10)6-14-11(7)12/h3-5,7H,6H2,1-2H3. The highest BCUT2D eigenvalue weighted by atomic mass is 16.5. The van der Waals surface area contributed by atoms with Crippen LogP contribution >= 0.6 is 0 Å². The molecule has 1 aromatic carbocycles. The van der Waals surface area contributed by atoms with Gasteiger partial charge in [0, 0.05) is 0 Å². The van der Waals surface area contributed by atoms with Gasteiger partial charge in [-0.25, -0.2) is 0 Å². The zero-order valence-corrected chi connectivity index (χ0v) is 8.24. The molecule has 14 heavy (non-hydrogen) atoms. The van der Waals surface area contributed by atoms with Gasteiger partial charge in [0.15, 0.2) is 0 Å². The number of carbonyl (C=O) groups excluding carboxylic acids is 1. The third-order valence-electron chi connectivity index (χ3n) is 2.54. The zero-order chi connectivity index (χ0) is 10.1. The van der Waals surface area contributed by atoms with Crippen molar-refractivity contribution in [3.05, 3.63) is 29.3 Å². The second kappa shape index (κ2) is 3.33. The second-order valence-corrected chi connectivity index (χ2v) is 3.39. The molecule has 1 aliphatic heterocycles. The average molecular weight is 192 g/mol. The van der Waals surface area contributed by atoms with E-state index in [1.54, 1.807) is 7.11 Å². The van der Waals surface area contributed by atoms with Crippen molar-refractivity contribution in [2.75, 3.05) is 7.11 Å². The van der Waals surface area contributed by atoms with E-state index < -0.39 is 0 Å². The summed E-state index contributed by atoms with van der Waals surface area (Å²) >= 11 is 0. The minimum atomic E-state index is -0.186. The Balaban J connectivity index is 2.46. The van der Waals surface area contributed by atoms with Crippen molar-refractivity contribution < 1.29 is 14.3 Å². The molecule has 0 aliphatic carbocycles. The molecule has 0 saturated carbocycles. The summed E-state index contributed by atoms with van der Waals surface area (Å²) in [5.74, 6) is 0.435. The van der Waals surface area contributed by atoms with E-state index in [1.807, 2.05) is 25.1 Å². The van der Waals surface area contributed by atoms with Crippen molar-refractivity contribution in [2.24, 2.45) is 0 Å². The molecule has 1 aliphatic rings. The monoisotopic (exact) mass is 192 g/mol. The Morgan fingerprint density at radius 3 is 3.00 bits per heavy atom. The lowest BCUT2D eigenvalue weighted by Gasteiger charge is -2.21. The highest BCUT2D eigenvalue weighted by molar-refractivity contribution is 5.79. The third-order valence-corrected chi connectivity index (χ3v) is 2.54. The molecule has 1 heterocycles. The van der Waals surface area contributed by atoms with Gasteiger partial charge in [-0.15, -0.1) is 0 Å². The molecule has 3 heteroatoms. The molecule has 74 valence electrons. The summed E-state index contributed by atoms with van der Waals surface area (Å²) in [5.41, 5.74) is 2.08. The molecular formula is C11H12O3. The fourth-order valence-electron chi connectivity index (χ4n) is 1.64. The zero-order valence-electron chi connectivity index (χ0n) is 8.24. The number of hydrogen-bond donors (Lipinski definition) is 0. The van der Waals surface area contributed by atoms with Crippen LogP contribution in [0, 0.1) is 0 Å². The first-order valence-corrected chi connectivity index (χ1v) is 4.56. The fourth-order valence-corrected chi connectivity index (χ4v) is 1.64. The number of rotatable bonds is 1. The number of esters is 1. The minimum absolute atomic E-state index is 0.161. The fraction of sp³-hybridized carbons (Fsp3) is 0.364. The number of cyclic esters (lactones) is 1. The first kappa shape index (κ1) is 9.06. The molecule has 0 bridgehead atoms. The molecule has 1 unspecified atom stereocenters. The summed E-state index contributed by atoms with van der Waals surface area (Å²) in [5, 5.41) is 0. The van der Waals surface area contributed by atoms with Crippen molar-refractivity contribution in [2.45, 2.75) is 19.4 Å². The minimum Gasteiger partial charge on any atom is -0.497 e. The van der Waals surface area contributed by atoms with E-state index in [9.17, 15) is 4.79 Å². The van der Waals surface area contributed by atoms with Crippen molar-refractivity contribution in [1.82, 2.24) is 0 Å². The molecule has 0 spiro atoms. The predicted molar refractivity (Wildman–Crippen MR) is 51.2 cm³/mol. The van der Waals surface area contributed by atoms with Gasteiger partial charge in [0.1, 0.15) is 12.4 Å². The maximum absolute atomic E-state index is 11.3. The number of methoxy groups -OCH3 is 1. The number of hydrogen-bond acceptors (Lipinski definition) is 3. The third kappa shape index (κ3) is 1.35. The van der Waals surface area contributed by atoms with Crippen LogP contribution in [0.25, 0.3) is 0 Å². The van der Waals surface area contributed by atoms with E-state index in [1.165, 1.54) is 0 Å². The van der Waals surface area contributed by atoms with Crippen LogP contribution in [0.15, 0.2) is 18.2 Å². The highest BCUT2D eigenvalue weighted by Gasteiger charge is 2.25. The van der Waals surface area contributed by atoms with Gasteiger partial charge >= 0.3 is 5.97 Å². The van der Waals surface area contributed by atoms with E-state index in [0.29, 0.717) is 6.61 Å². The van der Waals surface area contributed by atoms with Gasteiger partial charge < -0.3 is 9.47 Å². The smallest absolute Gasteiger partial charge is 0.313 e. The van der Waals surface area contributed by atoms with Crippen LogP contribution in [-0.4, -0.2) is 13.1 Å². The highest BCUT2D eigenvalue weighted by Crippen LogP contribution is 2.30. The van der Waals surface area contributed by atoms with Crippen LogP contribution in [0.4, 0.5) is 0 Å². The molecule has 0 saturated heterocycles. The summed E-state index contributed by atoms with van der Waals surface area (Å²) in [7, 11) is 1.62. The molecule has 0 fully saturated rings. The van der Waals surface area contributed by atoms with E-state index in [-0.39, 0.29) is 11.9 Å². The molecule has 0 amide bonds. The van der Waals surface area contributed by atoms with Crippen LogP contribution < -0.4 is 4.74 Å². The van der Waals surface area contributed by atoms with Gasteiger partial charge in [-0.2, -0.15) is 0 Å². The number of benzene rings is 1. The Morgan fingerprint density at radius 2 is 2.29 bits per heavy atom. The summed E-state index contributed by atoms with van der Waals surface area (Å²) < 4.78 is 10.1. The summed E-state index contributed by atoms with van der Waals surface area (Å²) in [6, 6.07) is 5.72. The van der Waals surface area contributed by atoms with Crippen LogP contribution in [0.1, 0.15) is 24.0 Å². The van der Waals surface area contributed by atoms with E-state index in [0.717, 1.165) is 16.9 Å². The Labute approximate surface area is 82.6 Å². The molecule has 0 aromatic heterocycles. The van der Waals surface area contributed by atoms with Crippen molar-refractivity contribution >= 4 is 5.97 Å². The number of fused-ring (bicyclic) bond motifs is 1. The lowest BCUT2D eigenvalue weighted by Crippen LogP contribution is -2.20. The van der Waals surface area contributed by atoms with Gasteiger partial charge in [0.25, 0.3) is 0 Å². The van der Waals surface area contributed by atoms with Gasteiger partial charge in [0.05, 0.1) is 13.0 Å². The lowest BCUT2D eigenvalue weighted by molar-refractivity contribution is -0.147. The Kier molecular flexibility index (Phi) is 2.15. The first-order valence-electron chi connectivity index (χ1n) is 4.56. The molecule has 2 rings (SSSR count). The normalized spacial score (nSPS) is 19.9. The predicted octanol–water partition coefficient (Wildman–Crippen LogP) is 1.86. The Morgan fingerprint density at radius 1 is 1.50 bits per heavy atom. The van der Waals surface area contributed by atoms with Crippen molar-refractivity contribution in [1.29, 1.82) is 0 Å². The molecule has 3 nitrogen and oxygen atoms in total. The molecule has 1 aromatic rings. The van der Waals surface area contributed by atoms with Gasteiger partial charge in [-0.1, -0.05) is 6.07 Å². The summed E-state index contributed by atoms with van der Waals surface area (Å²) in [6.45, 7) is 2.22. The van der Waals surface area contributed by atoms with Gasteiger partial charge in [-0.3, -0.25) is 4.79 Å². The molecular weight excluding hydrogens is 180 g/mol. The number of ether oxygens (including phenoxy) is 2. The SMILES string of the molecule is COc1ccc2c(c1)C(C)C(=O)OC2. The Hall–Kier alpha value is -1.51. The quantitative estimate of drug-likeness (QED) is 0.637. The van der Waals surface area contributed by atoms with Crippen LogP contribution in [0.3, 0.4) is 0 Å². The van der Waals surface area contributed by atoms with Gasteiger partial charge in [0.2, 0.25) is 0 Å². The average Bonchev–Trinajstić information content (AvgIpc) is 2.23. The first-order chi connectivity index (χ1) is 6.72. The van der Waals surface area contributed by atoms with Crippen LogP contribution in [-0.2, 0) is 16.1 Å². The topological polar surface area (TPSA) is 35.5 Å². The maximum Gasteiger partial charge on any atom is 0.313 e. The summed E-state index contributed by atoms with van der Waals surface area (Å²) in [4.78, 5) is 11.3. The van der Waals surface area contributed by atoms with E-state index in [2.05, 4.69) is 0 Å². The van der Waals surface area contributed by atoms with Gasteiger partial charge in [-0.05, 0) is 30.2 Å². The Bertz CT molecular complexity index is 371. The molecule has 0 N–H and O–H groups in total. The van der Waals surface area contributed by atoms with Crippen LogP contribution in [0.2, 0.25) is 0 Å². The molecule has 0 radical (unpaired) electrons. The second-order valence-electron chi connectivity index (χ2n) is 3.39. The number of carbonyl (C=O) groups is 1. The maximum atomic E-state index is 11.3. The largest absolute Gasteiger partial charge is 0.497 e. The summed E-state index contributed by atoms with van der Waals surface area (Å²) in [6.07, 6.45) is 0. The van der Waals surface area contributed by atoms with Crippen LogP contribution in [0.5, 0.6) is 5.75 Å². The van der Waals surface area contributed by atoms with Crippen molar-refractivity contribution in [3.8, 4) is 5.75 Å². The molecule has 1 atom stereocenters. The van der Waals surface area contributed by atoms with E-state index >= 15 is 0 Å². The van der Waals surface area contributed by atoms with Crippen molar-refractivity contribution in [3.63, 3.8) is 0 Å². The van der Waals surface area contributed by atoms with E-state index in [4.69, 9.17) is 9.47 Å². The lowest BCUT2D eigenvalue weighted by atomic mass is 9.94.